The zero-order valence-corrected chi connectivity index (χ0v) is 18.9. The van der Waals surface area contributed by atoms with Crippen molar-refractivity contribution in [3.8, 4) is 0 Å². The molecule has 3 heterocycles. The van der Waals surface area contributed by atoms with E-state index in [1.807, 2.05) is 18.9 Å². The van der Waals surface area contributed by atoms with Crippen molar-refractivity contribution in [2.45, 2.75) is 64.0 Å². The molecule has 0 aliphatic carbocycles. The van der Waals surface area contributed by atoms with Crippen LogP contribution in [0.25, 0.3) is 0 Å². The van der Waals surface area contributed by atoms with E-state index in [0.717, 1.165) is 4.91 Å². The molecule has 164 valence electrons. The van der Waals surface area contributed by atoms with E-state index >= 15 is 0 Å². The molecule has 0 aromatic carbocycles. The molecule has 2 saturated heterocycles. The number of hydrogen-bond acceptors (Lipinski definition) is 7. The van der Waals surface area contributed by atoms with E-state index in [1.165, 1.54) is 30.2 Å². The number of ether oxygens (including phenoxy) is 1. The topological polar surface area (TPSA) is 113 Å². The number of likely N-dealkylation sites (N-methyl/N-ethyl adjacent to an activating group) is 1. The molecule has 0 radical (unpaired) electrons. The standard InChI is InChI=1S/C17H25N3O5S.C3H8/c1-7-12-11(8(2)21)16(23)20(12)13(17(24)25-4)14(7)26-9-5-10(15(18)22)19(3)6-9;1-3-2/h7-12,21H,5-6H2,1-4H3,(H2,18,22);3H2,1-2H3. The molecule has 8 nitrogen and oxygen atoms in total. The predicted octanol–water partition coefficient (Wildman–Crippen LogP) is 0.936. The molecule has 9 heteroatoms. The van der Waals surface area contributed by atoms with Crippen LogP contribution in [0.15, 0.2) is 10.6 Å². The summed E-state index contributed by atoms with van der Waals surface area (Å²) in [6.07, 6.45) is 1.07. The minimum absolute atomic E-state index is 0.0793. The fraction of sp³-hybridized carbons (Fsp3) is 0.750. The van der Waals surface area contributed by atoms with Crippen molar-refractivity contribution >= 4 is 29.5 Å². The number of carbonyl (C=O) groups excluding carboxylic acids is 3. The Morgan fingerprint density at radius 3 is 2.41 bits per heavy atom. The molecular formula is C20H33N3O5S. The molecule has 3 rings (SSSR count). The Morgan fingerprint density at radius 2 is 1.97 bits per heavy atom. The Balaban J connectivity index is 0.000000941. The Morgan fingerprint density at radius 1 is 1.38 bits per heavy atom. The second-order valence-electron chi connectivity index (χ2n) is 8.00. The summed E-state index contributed by atoms with van der Waals surface area (Å²) in [5.41, 5.74) is 5.73. The van der Waals surface area contributed by atoms with Crippen LogP contribution in [0.5, 0.6) is 0 Å². The summed E-state index contributed by atoms with van der Waals surface area (Å²) in [5.74, 6) is -1.73. The number of hydrogen-bond donors (Lipinski definition) is 2. The van der Waals surface area contributed by atoms with Crippen molar-refractivity contribution in [2.75, 3.05) is 20.7 Å². The number of fused-ring (bicyclic) bond motifs is 1. The number of nitrogens with two attached hydrogens (primary N) is 1. The fourth-order valence-electron chi connectivity index (χ4n) is 4.32. The molecule has 0 saturated carbocycles. The Kier molecular flexibility index (Phi) is 7.75. The zero-order chi connectivity index (χ0) is 22.0. The number of amides is 2. The van der Waals surface area contributed by atoms with Crippen LogP contribution in [0.2, 0.25) is 0 Å². The highest BCUT2D eigenvalue weighted by molar-refractivity contribution is 8.03. The Hall–Kier alpha value is -1.58. The van der Waals surface area contributed by atoms with Gasteiger partial charge >= 0.3 is 5.97 Å². The zero-order valence-electron chi connectivity index (χ0n) is 18.0. The lowest BCUT2D eigenvalue weighted by Gasteiger charge is -2.46. The molecule has 6 atom stereocenters. The lowest BCUT2D eigenvalue weighted by Crippen LogP contribution is -2.63. The van der Waals surface area contributed by atoms with E-state index < -0.39 is 18.0 Å². The van der Waals surface area contributed by atoms with Gasteiger partial charge < -0.3 is 20.5 Å². The lowest BCUT2D eigenvalue weighted by molar-refractivity contribution is -0.163. The maximum Gasteiger partial charge on any atom is 0.355 e. The third kappa shape index (κ3) is 4.32. The van der Waals surface area contributed by atoms with Crippen LogP contribution in [0, 0.1) is 11.8 Å². The van der Waals surface area contributed by atoms with Crippen molar-refractivity contribution in [1.82, 2.24) is 9.80 Å². The van der Waals surface area contributed by atoms with E-state index in [-0.39, 0.29) is 40.8 Å². The number of esters is 1. The maximum absolute atomic E-state index is 12.5. The van der Waals surface area contributed by atoms with Gasteiger partial charge in [0.25, 0.3) is 0 Å². The minimum Gasteiger partial charge on any atom is -0.464 e. The lowest BCUT2D eigenvalue weighted by atomic mass is 9.79. The number of likely N-dealkylation sites (tertiary alicyclic amines) is 1. The van der Waals surface area contributed by atoms with Gasteiger partial charge in [-0.25, -0.2) is 4.79 Å². The summed E-state index contributed by atoms with van der Waals surface area (Å²) < 4.78 is 4.90. The number of nitrogens with zero attached hydrogens (tertiary/aromatic N) is 2. The first-order chi connectivity index (χ1) is 13.6. The molecule has 2 fully saturated rings. The van der Waals surface area contributed by atoms with Crippen LogP contribution in [-0.4, -0.2) is 76.8 Å². The largest absolute Gasteiger partial charge is 0.464 e. The van der Waals surface area contributed by atoms with E-state index in [0.29, 0.717) is 13.0 Å². The molecule has 0 spiro atoms. The second-order valence-corrected chi connectivity index (χ2v) is 9.34. The number of thioether (sulfide) groups is 1. The number of primary amides is 1. The van der Waals surface area contributed by atoms with Crippen LogP contribution in [0.4, 0.5) is 0 Å². The van der Waals surface area contributed by atoms with Gasteiger partial charge in [0, 0.05) is 22.6 Å². The van der Waals surface area contributed by atoms with Crippen LogP contribution in [0.1, 0.15) is 40.5 Å². The van der Waals surface area contributed by atoms with Gasteiger partial charge in [-0.2, -0.15) is 0 Å². The number of rotatable bonds is 5. The first-order valence-corrected chi connectivity index (χ1v) is 11.0. The minimum atomic E-state index is -0.772. The normalized spacial score (nSPS) is 32.3. The third-order valence-corrected chi connectivity index (χ3v) is 7.11. The SMILES string of the molecule is CCC.COC(=O)C1=C(SC2CC(C(N)=O)N(C)C2)C(C)C2C(C(C)O)C(=O)N12. The van der Waals surface area contributed by atoms with Crippen LogP contribution in [0.3, 0.4) is 0 Å². The van der Waals surface area contributed by atoms with Crippen LogP contribution < -0.4 is 5.73 Å². The molecule has 0 aromatic rings. The molecule has 2 amide bonds. The van der Waals surface area contributed by atoms with Gasteiger partial charge in [0.1, 0.15) is 5.70 Å². The molecule has 3 aliphatic heterocycles. The molecular weight excluding hydrogens is 394 g/mol. The second kappa shape index (κ2) is 9.49. The summed E-state index contributed by atoms with van der Waals surface area (Å²) in [6, 6.07) is -0.555. The van der Waals surface area contributed by atoms with E-state index in [4.69, 9.17) is 10.5 Å². The summed E-state index contributed by atoms with van der Waals surface area (Å²) >= 11 is 1.52. The quantitative estimate of drug-likeness (QED) is 0.496. The van der Waals surface area contributed by atoms with E-state index in [1.54, 1.807) is 6.92 Å². The Bertz CT molecular complexity index is 696. The molecule has 0 aromatic heterocycles. The van der Waals surface area contributed by atoms with Crippen LogP contribution in [-0.2, 0) is 19.1 Å². The average molecular weight is 428 g/mol. The van der Waals surface area contributed by atoms with Crippen molar-refractivity contribution in [3.63, 3.8) is 0 Å². The molecule has 0 bridgehead atoms. The number of carbonyl (C=O) groups is 3. The molecule has 3 aliphatic rings. The van der Waals surface area contributed by atoms with Gasteiger partial charge in [0.05, 0.1) is 31.2 Å². The summed E-state index contributed by atoms with van der Waals surface area (Å²) in [4.78, 5) is 40.6. The van der Waals surface area contributed by atoms with E-state index in [2.05, 4.69) is 13.8 Å². The highest BCUT2D eigenvalue weighted by Crippen LogP contribution is 2.52. The Labute approximate surface area is 176 Å². The first-order valence-electron chi connectivity index (χ1n) is 10.1. The summed E-state index contributed by atoms with van der Waals surface area (Å²) in [5, 5.41) is 10.0. The van der Waals surface area contributed by atoms with Gasteiger partial charge in [-0.05, 0) is 20.4 Å². The number of aliphatic hydroxyl groups excluding tert-OH is 1. The van der Waals surface area contributed by atoms with Crippen molar-refractivity contribution in [2.24, 2.45) is 17.6 Å². The predicted molar refractivity (Wildman–Crippen MR) is 112 cm³/mol. The summed E-state index contributed by atoms with van der Waals surface area (Å²) in [6.45, 7) is 8.47. The smallest absolute Gasteiger partial charge is 0.355 e. The van der Waals surface area contributed by atoms with Gasteiger partial charge in [-0.15, -0.1) is 11.8 Å². The molecule has 29 heavy (non-hydrogen) atoms. The highest BCUT2D eigenvalue weighted by Gasteiger charge is 2.60. The number of methoxy groups -OCH3 is 1. The van der Waals surface area contributed by atoms with Crippen molar-refractivity contribution in [3.05, 3.63) is 10.6 Å². The third-order valence-electron chi connectivity index (χ3n) is 5.62. The van der Waals surface area contributed by atoms with Gasteiger partial charge in [-0.3, -0.25) is 14.5 Å². The highest BCUT2D eigenvalue weighted by atomic mass is 32.2. The van der Waals surface area contributed by atoms with Gasteiger partial charge in [-0.1, -0.05) is 27.2 Å². The maximum atomic E-state index is 12.5. The number of aliphatic hydroxyl groups is 1. The number of β-lactam (4-membered cyclic amide) rings is 1. The van der Waals surface area contributed by atoms with E-state index in [9.17, 15) is 19.5 Å². The van der Waals surface area contributed by atoms with Crippen molar-refractivity contribution in [1.29, 1.82) is 0 Å². The summed E-state index contributed by atoms with van der Waals surface area (Å²) in [7, 11) is 3.14. The monoisotopic (exact) mass is 427 g/mol. The average Bonchev–Trinajstić information content (AvgIpc) is 3.12. The van der Waals surface area contributed by atoms with Crippen molar-refractivity contribution < 1.29 is 24.2 Å². The van der Waals surface area contributed by atoms with Crippen LogP contribution >= 0.6 is 11.8 Å². The molecule has 6 unspecified atom stereocenters. The first kappa shape index (κ1) is 23.7. The van der Waals surface area contributed by atoms with Gasteiger partial charge in [0.2, 0.25) is 11.8 Å². The fourth-order valence-corrected chi connectivity index (χ4v) is 5.91. The molecule has 3 N–H and O–H groups in total. The van der Waals surface area contributed by atoms with Gasteiger partial charge in [0.15, 0.2) is 0 Å².